The van der Waals surface area contributed by atoms with Gasteiger partial charge in [-0.05, 0) is 39.3 Å². The summed E-state index contributed by atoms with van der Waals surface area (Å²) < 4.78 is 24.2. The number of nitrogens with one attached hydrogen (secondary N) is 1. The molecule has 1 saturated heterocycles. The molecule has 90 valence electrons. The Balaban J connectivity index is 2.14. The normalized spacial score (nSPS) is 24.3. The second-order valence-corrected chi connectivity index (χ2v) is 6.23. The molecule has 0 bridgehead atoms. The Kier molecular flexibility index (Phi) is 5.02. The number of rotatable bonds is 5. The van der Waals surface area contributed by atoms with Gasteiger partial charge in [0.15, 0.2) is 0 Å². The summed E-state index contributed by atoms with van der Waals surface area (Å²) in [5.41, 5.74) is 0. The molecule has 4 nitrogen and oxygen atoms in total. The van der Waals surface area contributed by atoms with Gasteiger partial charge in [-0.2, -0.15) is 0 Å². The number of piperidine rings is 1. The van der Waals surface area contributed by atoms with Crippen LogP contribution in [0, 0.1) is 0 Å². The maximum Gasteiger partial charge on any atom is 0.208 e. The maximum absolute atomic E-state index is 10.8. The van der Waals surface area contributed by atoms with Gasteiger partial charge in [0.05, 0.1) is 6.26 Å². The van der Waals surface area contributed by atoms with Crippen LogP contribution in [0.5, 0.6) is 0 Å². The zero-order valence-corrected chi connectivity index (χ0v) is 10.5. The quantitative estimate of drug-likeness (QED) is 0.716. The van der Waals surface area contributed by atoms with E-state index in [1.165, 1.54) is 32.1 Å². The van der Waals surface area contributed by atoms with Crippen molar-refractivity contribution in [3.63, 3.8) is 0 Å². The summed E-state index contributed by atoms with van der Waals surface area (Å²) in [6, 6.07) is 0.664. The van der Waals surface area contributed by atoms with Crippen molar-refractivity contribution in [3.8, 4) is 0 Å². The smallest absolute Gasteiger partial charge is 0.208 e. The molecule has 1 unspecified atom stereocenters. The topological polar surface area (TPSA) is 49.4 Å². The number of hydrogen-bond acceptors (Lipinski definition) is 3. The standard InChI is InChI=1S/C10H22N2O2S/c1-10-6-3-4-8-12(10)9-5-7-11-15(2,13)14/h10-11H,3-9H2,1-2H3. The first kappa shape index (κ1) is 12.9. The van der Waals surface area contributed by atoms with Gasteiger partial charge in [0.1, 0.15) is 0 Å². The molecule has 0 aliphatic carbocycles. The zero-order valence-electron chi connectivity index (χ0n) is 9.70. The first-order valence-corrected chi connectivity index (χ1v) is 7.57. The highest BCUT2D eigenvalue weighted by molar-refractivity contribution is 7.88. The van der Waals surface area contributed by atoms with Crippen molar-refractivity contribution in [2.24, 2.45) is 0 Å². The number of hydrogen-bond donors (Lipinski definition) is 1. The molecule has 0 aromatic rings. The van der Waals surface area contributed by atoms with Crippen LogP contribution in [0.3, 0.4) is 0 Å². The highest BCUT2D eigenvalue weighted by Crippen LogP contribution is 2.15. The van der Waals surface area contributed by atoms with Gasteiger partial charge >= 0.3 is 0 Å². The van der Waals surface area contributed by atoms with Gasteiger partial charge in [-0.3, -0.25) is 0 Å². The molecule has 0 spiro atoms. The van der Waals surface area contributed by atoms with Gasteiger partial charge in [0.2, 0.25) is 10.0 Å². The Morgan fingerprint density at radius 1 is 1.40 bits per heavy atom. The van der Waals surface area contributed by atoms with Crippen LogP contribution in [0.15, 0.2) is 0 Å². The van der Waals surface area contributed by atoms with Crippen LogP contribution in [0.1, 0.15) is 32.6 Å². The Labute approximate surface area is 93.1 Å². The average Bonchev–Trinajstić information content (AvgIpc) is 2.13. The lowest BCUT2D eigenvalue weighted by molar-refractivity contribution is 0.159. The molecular formula is C10H22N2O2S. The van der Waals surface area contributed by atoms with Crippen LogP contribution >= 0.6 is 0 Å². The molecule has 1 aliphatic heterocycles. The van der Waals surface area contributed by atoms with Crippen LogP contribution < -0.4 is 4.72 Å². The molecule has 15 heavy (non-hydrogen) atoms. The van der Waals surface area contributed by atoms with E-state index in [0.29, 0.717) is 12.6 Å². The Hall–Kier alpha value is -0.130. The van der Waals surface area contributed by atoms with Crippen molar-refractivity contribution in [2.45, 2.75) is 38.6 Å². The molecule has 1 heterocycles. The van der Waals surface area contributed by atoms with E-state index in [1.807, 2.05) is 0 Å². The molecule has 1 N–H and O–H groups in total. The van der Waals surface area contributed by atoms with Gasteiger partial charge in [-0.1, -0.05) is 6.42 Å². The minimum Gasteiger partial charge on any atom is -0.301 e. The fraction of sp³-hybridized carbons (Fsp3) is 1.00. The molecule has 0 amide bonds. The van der Waals surface area contributed by atoms with E-state index in [1.54, 1.807) is 0 Å². The number of nitrogens with zero attached hydrogens (tertiary/aromatic N) is 1. The van der Waals surface area contributed by atoms with E-state index in [2.05, 4.69) is 16.5 Å². The van der Waals surface area contributed by atoms with Crippen molar-refractivity contribution in [3.05, 3.63) is 0 Å². The largest absolute Gasteiger partial charge is 0.301 e. The molecule has 1 rings (SSSR count). The van der Waals surface area contributed by atoms with E-state index >= 15 is 0 Å². The highest BCUT2D eigenvalue weighted by Gasteiger charge is 2.17. The average molecular weight is 234 g/mol. The van der Waals surface area contributed by atoms with Crippen molar-refractivity contribution >= 4 is 10.0 Å². The van der Waals surface area contributed by atoms with Crippen molar-refractivity contribution < 1.29 is 8.42 Å². The van der Waals surface area contributed by atoms with Gasteiger partial charge in [-0.15, -0.1) is 0 Å². The van der Waals surface area contributed by atoms with Gasteiger partial charge in [0.25, 0.3) is 0 Å². The minimum absolute atomic E-state index is 0.558. The zero-order chi connectivity index (χ0) is 11.3. The molecular weight excluding hydrogens is 212 g/mol. The van der Waals surface area contributed by atoms with E-state index in [-0.39, 0.29) is 0 Å². The molecule has 0 aromatic carbocycles. The van der Waals surface area contributed by atoms with E-state index in [4.69, 9.17) is 0 Å². The predicted molar refractivity (Wildman–Crippen MR) is 62.3 cm³/mol. The van der Waals surface area contributed by atoms with Crippen LogP contribution in [-0.4, -0.2) is 45.2 Å². The van der Waals surface area contributed by atoms with E-state index in [9.17, 15) is 8.42 Å². The van der Waals surface area contributed by atoms with Gasteiger partial charge < -0.3 is 4.90 Å². The SMILES string of the molecule is CC1CCCCN1CCCNS(C)(=O)=O. The molecule has 1 fully saturated rings. The number of sulfonamides is 1. The summed E-state index contributed by atoms with van der Waals surface area (Å²) in [6.45, 7) is 4.98. The molecule has 1 aliphatic rings. The fourth-order valence-corrected chi connectivity index (χ4v) is 2.54. The second kappa shape index (κ2) is 5.82. The lowest BCUT2D eigenvalue weighted by atomic mass is 10.0. The van der Waals surface area contributed by atoms with Crippen molar-refractivity contribution in [1.29, 1.82) is 0 Å². The van der Waals surface area contributed by atoms with Crippen molar-refractivity contribution in [2.75, 3.05) is 25.9 Å². The summed E-state index contributed by atoms with van der Waals surface area (Å²) >= 11 is 0. The summed E-state index contributed by atoms with van der Waals surface area (Å²) in [7, 11) is -3.01. The number of likely N-dealkylation sites (tertiary alicyclic amines) is 1. The minimum atomic E-state index is -3.01. The third-order valence-corrected chi connectivity index (χ3v) is 3.66. The van der Waals surface area contributed by atoms with Gasteiger partial charge in [-0.25, -0.2) is 13.1 Å². The summed E-state index contributed by atoms with van der Waals surface area (Å²) in [4.78, 5) is 2.45. The highest BCUT2D eigenvalue weighted by atomic mass is 32.2. The lowest BCUT2D eigenvalue weighted by Gasteiger charge is -2.33. The van der Waals surface area contributed by atoms with Crippen LogP contribution in [0.4, 0.5) is 0 Å². The van der Waals surface area contributed by atoms with Crippen LogP contribution in [-0.2, 0) is 10.0 Å². The Morgan fingerprint density at radius 2 is 2.13 bits per heavy atom. The third-order valence-electron chi connectivity index (χ3n) is 2.93. The predicted octanol–water partition coefficient (Wildman–Crippen LogP) is 0.800. The molecule has 0 radical (unpaired) electrons. The second-order valence-electron chi connectivity index (χ2n) is 4.40. The monoisotopic (exact) mass is 234 g/mol. The molecule has 5 heteroatoms. The third kappa shape index (κ3) is 5.49. The summed E-state index contributed by atoms with van der Waals surface area (Å²) in [6.07, 6.45) is 6.00. The first-order valence-electron chi connectivity index (χ1n) is 5.68. The Morgan fingerprint density at radius 3 is 2.73 bits per heavy atom. The summed E-state index contributed by atoms with van der Waals surface area (Å²) in [5, 5.41) is 0. The van der Waals surface area contributed by atoms with Gasteiger partial charge in [0, 0.05) is 12.6 Å². The molecule has 0 saturated carbocycles. The first-order chi connectivity index (χ1) is 6.99. The van der Waals surface area contributed by atoms with Crippen LogP contribution in [0.25, 0.3) is 0 Å². The summed E-state index contributed by atoms with van der Waals surface area (Å²) in [5.74, 6) is 0. The Bertz CT molecular complexity index is 277. The molecule has 1 atom stereocenters. The fourth-order valence-electron chi connectivity index (χ4n) is 2.03. The van der Waals surface area contributed by atoms with Crippen molar-refractivity contribution in [1.82, 2.24) is 9.62 Å². The van der Waals surface area contributed by atoms with E-state index < -0.39 is 10.0 Å². The molecule has 0 aromatic heterocycles. The van der Waals surface area contributed by atoms with Crippen LogP contribution in [0.2, 0.25) is 0 Å². The van der Waals surface area contributed by atoms with E-state index in [0.717, 1.165) is 13.0 Å². The maximum atomic E-state index is 10.8. The lowest BCUT2D eigenvalue weighted by Crippen LogP contribution is -2.39.